The van der Waals surface area contributed by atoms with Crippen molar-refractivity contribution in [2.45, 2.75) is 24.8 Å². The SMILES string of the molecule is COc1ccc(S(=O)(=O)Nc2ccc(C(=O)N[C@@H](C)c3ccc(C)cc3)cc2)cc1. The highest BCUT2D eigenvalue weighted by Gasteiger charge is 2.15. The molecule has 156 valence electrons. The first kappa shape index (κ1) is 21.4. The standard InChI is InChI=1S/C23H24N2O4S/c1-16-4-6-18(7-5-16)17(2)24-23(26)19-8-10-20(11-9-19)25-30(27,28)22-14-12-21(29-3)13-15-22/h4-15,17,25H,1-3H3,(H,24,26)/t17-/m0/s1. The Balaban J connectivity index is 1.66. The fourth-order valence-electron chi connectivity index (χ4n) is 2.88. The van der Waals surface area contributed by atoms with E-state index in [0.717, 1.165) is 11.1 Å². The lowest BCUT2D eigenvalue weighted by Gasteiger charge is -2.15. The quantitative estimate of drug-likeness (QED) is 0.592. The highest BCUT2D eigenvalue weighted by Crippen LogP contribution is 2.20. The first-order valence-corrected chi connectivity index (χ1v) is 10.9. The molecule has 0 bridgehead atoms. The third-order valence-corrected chi connectivity index (χ3v) is 6.09. The molecule has 3 rings (SSSR count). The molecule has 3 aromatic carbocycles. The number of hydrogen-bond acceptors (Lipinski definition) is 4. The number of methoxy groups -OCH3 is 1. The number of nitrogens with one attached hydrogen (secondary N) is 2. The number of benzene rings is 3. The lowest BCUT2D eigenvalue weighted by Crippen LogP contribution is -2.26. The van der Waals surface area contributed by atoms with E-state index in [1.807, 2.05) is 38.1 Å². The summed E-state index contributed by atoms with van der Waals surface area (Å²) in [5.41, 5.74) is 2.98. The molecule has 0 saturated carbocycles. The molecule has 30 heavy (non-hydrogen) atoms. The molecule has 0 heterocycles. The minimum atomic E-state index is -3.74. The van der Waals surface area contributed by atoms with Crippen LogP contribution in [0, 0.1) is 6.92 Å². The predicted octanol–water partition coefficient (Wildman–Crippen LogP) is 4.30. The van der Waals surface area contributed by atoms with Gasteiger partial charge < -0.3 is 10.1 Å². The number of aryl methyl sites for hydroxylation is 1. The zero-order valence-corrected chi connectivity index (χ0v) is 17.9. The van der Waals surface area contributed by atoms with Crippen molar-refractivity contribution in [1.29, 1.82) is 0 Å². The van der Waals surface area contributed by atoms with Crippen molar-refractivity contribution < 1.29 is 17.9 Å². The lowest BCUT2D eigenvalue weighted by atomic mass is 10.1. The number of ether oxygens (including phenoxy) is 1. The summed E-state index contributed by atoms with van der Waals surface area (Å²) < 4.78 is 32.6. The maximum Gasteiger partial charge on any atom is 0.261 e. The Kier molecular flexibility index (Phi) is 6.42. The van der Waals surface area contributed by atoms with Gasteiger partial charge >= 0.3 is 0 Å². The molecule has 2 N–H and O–H groups in total. The normalized spacial score (nSPS) is 12.1. The van der Waals surface area contributed by atoms with Crippen LogP contribution in [0.4, 0.5) is 5.69 Å². The Bertz CT molecular complexity index is 1110. The number of sulfonamides is 1. The van der Waals surface area contributed by atoms with E-state index in [1.54, 1.807) is 36.4 Å². The second-order valence-corrected chi connectivity index (χ2v) is 8.65. The maximum absolute atomic E-state index is 12.5. The van der Waals surface area contributed by atoms with Gasteiger partial charge in [0.25, 0.3) is 15.9 Å². The molecule has 0 radical (unpaired) electrons. The van der Waals surface area contributed by atoms with Gasteiger partial charge in [-0.2, -0.15) is 0 Å². The molecule has 0 fully saturated rings. The van der Waals surface area contributed by atoms with Gasteiger partial charge in [0, 0.05) is 11.3 Å². The van der Waals surface area contributed by atoms with Crippen molar-refractivity contribution in [3.63, 3.8) is 0 Å². The summed E-state index contributed by atoms with van der Waals surface area (Å²) in [5.74, 6) is 0.344. The molecule has 0 unspecified atom stereocenters. The van der Waals surface area contributed by atoms with E-state index in [9.17, 15) is 13.2 Å². The van der Waals surface area contributed by atoms with Crippen LogP contribution in [0.5, 0.6) is 5.75 Å². The number of rotatable bonds is 7. The Morgan fingerprint density at radius 3 is 2.07 bits per heavy atom. The van der Waals surface area contributed by atoms with Crippen LogP contribution in [-0.2, 0) is 10.0 Å². The Morgan fingerprint density at radius 1 is 0.900 bits per heavy atom. The van der Waals surface area contributed by atoms with Crippen molar-refractivity contribution in [3.8, 4) is 5.75 Å². The zero-order valence-electron chi connectivity index (χ0n) is 17.0. The summed E-state index contributed by atoms with van der Waals surface area (Å²) in [6.07, 6.45) is 0. The lowest BCUT2D eigenvalue weighted by molar-refractivity contribution is 0.0940. The van der Waals surface area contributed by atoms with Crippen LogP contribution in [0.3, 0.4) is 0 Å². The van der Waals surface area contributed by atoms with Crippen molar-refractivity contribution in [3.05, 3.63) is 89.5 Å². The Hall–Kier alpha value is -3.32. The van der Waals surface area contributed by atoms with Gasteiger partial charge in [-0.05, 0) is 67.9 Å². The second kappa shape index (κ2) is 9.00. The van der Waals surface area contributed by atoms with E-state index >= 15 is 0 Å². The summed E-state index contributed by atoms with van der Waals surface area (Å²) in [5, 5.41) is 2.95. The average molecular weight is 425 g/mol. The molecular weight excluding hydrogens is 400 g/mol. The molecule has 0 spiro atoms. The molecule has 0 aliphatic rings. The summed E-state index contributed by atoms with van der Waals surface area (Å²) >= 11 is 0. The molecule has 1 amide bonds. The van der Waals surface area contributed by atoms with Gasteiger partial charge in [-0.25, -0.2) is 8.42 Å². The van der Waals surface area contributed by atoms with E-state index in [1.165, 1.54) is 19.2 Å². The topological polar surface area (TPSA) is 84.5 Å². The summed E-state index contributed by atoms with van der Waals surface area (Å²) in [6.45, 7) is 3.93. The van der Waals surface area contributed by atoms with Crippen LogP contribution in [0.2, 0.25) is 0 Å². The summed E-state index contributed by atoms with van der Waals surface area (Å²) in [7, 11) is -2.22. The Morgan fingerprint density at radius 2 is 1.50 bits per heavy atom. The van der Waals surface area contributed by atoms with Crippen LogP contribution in [0.1, 0.15) is 34.5 Å². The molecule has 7 heteroatoms. The van der Waals surface area contributed by atoms with E-state index in [2.05, 4.69) is 10.0 Å². The smallest absolute Gasteiger partial charge is 0.261 e. The minimum Gasteiger partial charge on any atom is -0.497 e. The molecule has 3 aromatic rings. The van der Waals surface area contributed by atoms with E-state index in [-0.39, 0.29) is 16.8 Å². The number of carbonyl (C=O) groups is 1. The zero-order chi connectivity index (χ0) is 21.7. The fraction of sp³-hybridized carbons (Fsp3) is 0.174. The van der Waals surface area contributed by atoms with Crippen LogP contribution >= 0.6 is 0 Å². The number of hydrogen-bond donors (Lipinski definition) is 2. The van der Waals surface area contributed by atoms with Crippen LogP contribution in [-0.4, -0.2) is 21.4 Å². The van der Waals surface area contributed by atoms with Crippen molar-refractivity contribution in [2.24, 2.45) is 0 Å². The molecular formula is C23H24N2O4S. The van der Waals surface area contributed by atoms with Crippen LogP contribution in [0.25, 0.3) is 0 Å². The van der Waals surface area contributed by atoms with E-state index < -0.39 is 10.0 Å². The van der Waals surface area contributed by atoms with Crippen molar-refractivity contribution >= 4 is 21.6 Å². The minimum absolute atomic E-state index is 0.122. The van der Waals surface area contributed by atoms with Crippen LogP contribution in [0.15, 0.2) is 77.7 Å². The number of anilines is 1. The third kappa shape index (κ3) is 5.18. The van der Waals surface area contributed by atoms with Crippen molar-refractivity contribution in [2.75, 3.05) is 11.8 Å². The fourth-order valence-corrected chi connectivity index (χ4v) is 3.94. The van der Waals surface area contributed by atoms with Gasteiger partial charge in [-0.15, -0.1) is 0 Å². The number of carbonyl (C=O) groups excluding carboxylic acids is 1. The molecule has 0 aromatic heterocycles. The molecule has 0 aliphatic carbocycles. The Labute approximate surface area is 177 Å². The van der Waals surface area contributed by atoms with Gasteiger partial charge in [0.05, 0.1) is 18.0 Å². The van der Waals surface area contributed by atoms with Gasteiger partial charge in [-0.3, -0.25) is 9.52 Å². The first-order valence-electron chi connectivity index (χ1n) is 9.43. The van der Waals surface area contributed by atoms with Gasteiger partial charge in [0.2, 0.25) is 0 Å². The third-order valence-electron chi connectivity index (χ3n) is 4.69. The monoisotopic (exact) mass is 424 g/mol. The van der Waals surface area contributed by atoms with E-state index in [0.29, 0.717) is 17.0 Å². The summed E-state index contributed by atoms with van der Waals surface area (Å²) in [4.78, 5) is 12.6. The van der Waals surface area contributed by atoms with Crippen LogP contribution < -0.4 is 14.8 Å². The van der Waals surface area contributed by atoms with Crippen molar-refractivity contribution in [1.82, 2.24) is 5.32 Å². The number of amides is 1. The molecule has 1 atom stereocenters. The largest absolute Gasteiger partial charge is 0.497 e. The van der Waals surface area contributed by atoms with Gasteiger partial charge in [0.15, 0.2) is 0 Å². The highest BCUT2D eigenvalue weighted by molar-refractivity contribution is 7.92. The summed E-state index contributed by atoms with van der Waals surface area (Å²) in [6, 6.07) is 20.2. The predicted molar refractivity (Wildman–Crippen MR) is 117 cm³/mol. The maximum atomic E-state index is 12.5. The van der Waals surface area contributed by atoms with Gasteiger partial charge in [0.1, 0.15) is 5.75 Å². The molecule has 0 saturated heterocycles. The van der Waals surface area contributed by atoms with E-state index in [4.69, 9.17) is 4.74 Å². The highest BCUT2D eigenvalue weighted by atomic mass is 32.2. The molecule has 6 nitrogen and oxygen atoms in total. The first-order chi connectivity index (χ1) is 14.3. The second-order valence-electron chi connectivity index (χ2n) is 6.96. The molecule has 0 aliphatic heterocycles. The average Bonchev–Trinajstić information content (AvgIpc) is 2.74. The van der Waals surface area contributed by atoms with Gasteiger partial charge in [-0.1, -0.05) is 29.8 Å².